The number of nitrogens with two attached hydrogens (primary N) is 1. The molecule has 9 nitrogen and oxygen atoms in total. The number of sulfonamides is 1. The third-order valence-corrected chi connectivity index (χ3v) is 4.54. The number of carbonyl (C=O) groups is 2. The maximum Gasteiger partial charge on any atom is 0.317 e. The highest BCUT2D eigenvalue weighted by Crippen LogP contribution is 2.09. The first-order valence-electron chi connectivity index (χ1n) is 7.97. The number of nitrogens with one attached hydrogen (secondary N) is 2. The molecule has 10 heteroatoms. The van der Waals surface area contributed by atoms with Crippen molar-refractivity contribution in [2.45, 2.75) is 18.0 Å². The number of amides is 3. The molecule has 0 saturated carbocycles. The maximum absolute atomic E-state index is 12.3. The Morgan fingerprint density at radius 3 is 2.33 bits per heavy atom. The Kier molecular flexibility index (Phi) is 6.48. The summed E-state index contributed by atoms with van der Waals surface area (Å²) in [7, 11) is -0.489. The van der Waals surface area contributed by atoms with E-state index in [1.54, 1.807) is 38.4 Å². The van der Waals surface area contributed by atoms with E-state index in [1.165, 1.54) is 23.2 Å². The Morgan fingerprint density at radius 1 is 1.07 bits per heavy atom. The summed E-state index contributed by atoms with van der Waals surface area (Å²) in [5.74, 6) is -0.312. The summed E-state index contributed by atoms with van der Waals surface area (Å²) in [4.78, 5) is 29.4. The van der Waals surface area contributed by atoms with Crippen molar-refractivity contribution in [1.29, 1.82) is 0 Å². The quantitative estimate of drug-likeness (QED) is 0.656. The van der Waals surface area contributed by atoms with Crippen molar-refractivity contribution >= 4 is 22.0 Å². The number of hydrogen-bond donors (Lipinski definition) is 3. The summed E-state index contributed by atoms with van der Waals surface area (Å²) in [5, 5.41) is 10.5. The van der Waals surface area contributed by atoms with E-state index in [2.05, 4.69) is 15.6 Å². The van der Waals surface area contributed by atoms with Gasteiger partial charge in [0.1, 0.15) is 0 Å². The van der Waals surface area contributed by atoms with Gasteiger partial charge in [-0.1, -0.05) is 12.1 Å². The van der Waals surface area contributed by atoms with Crippen molar-refractivity contribution in [3.8, 4) is 0 Å². The molecule has 0 unspecified atom stereocenters. The SMILES string of the molecule is CN(C)C(=O)NCc1cc(C(=O)NCc2ccc(S(N)(=O)=O)cc2)ccn1. The molecule has 0 aliphatic heterocycles. The number of benzene rings is 1. The molecule has 144 valence electrons. The number of nitrogens with zero attached hydrogens (tertiary/aromatic N) is 2. The number of carbonyl (C=O) groups excluding carboxylic acids is 2. The molecule has 4 N–H and O–H groups in total. The van der Waals surface area contributed by atoms with Crippen LogP contribution in [0.3, 0.4) is 0 Å². The first-order chi connectivity index (χ1) is 12.7. The fourth-order valence-electron chi connectivity index (χ4n) is 2.12. The van der Waals surface area contributed by atoms with Crippen LogP contribution in [-0.2, 0) is 23.1 Å². The van der Waals surface area contributed by atoms with Gasteiger partial charge in [0.2, 0.25) is 10.0 Å². The zero-order chi connectivity index (χ0) is 20.0. The molecule has 0 radical (unpaired) electrons. The molecule has 0 atom stereocenters. The number of pyridine rings is 1. The molecule has 27 heavy (non-hydrogen) atoms. The zero-order valence-corrected chi connectivity index (χ0v) is 15.8. The Bertz CT molecular complexity index is 927. The van der Waals surface area contributed by atoms with E-state index in [0.717, 1.165) is 5.56 Å². The van der Waals surface area contributed by atoms with Crippen molar-refractivity contribution in [2.24, 2.45) is 5.14 Å². The summed E-state index contributed by atoms with van der Waals surface area (Å²) in [6, 6.07) is 8.83. The van der Waals surface area contributed by atoms with Gasteiger partial charge in [0.15, 0.2) is 0 Å². The third kappa shape index (κ3) is 6.04. The average molecular weight is 391 g/mol. The molecule has 1 aromatic carbocycles. The fraction of sp³-hybridized carbons (Fsp3) is 0.235. The topological polar surface area (TPSA) is 134 Å². The lowest BCUT2D eigenvalue weighted by Gasteiger charge is -2.12. The van der Waals surface area contributed by atoms with Crippen LogP contribution in [0.2, 0.25) is 0 Å². The highest BCUT2D eigenvalue weighted by Gasteiger charge is 2.10. The molecule has 0 spiro atoms. The van der Waals surface area contributed by atoms with E-state index in [-0.39, 0.29) is 29.9 Å². The van der Waals surface area contributed by atoms with Gasteiger partial charge in [-0.15, -0.1) is 0 Å². The normalized spacial score (nSPS) is 10.9. The highest BCUT2D eigenvalue weighted by molar-refractivity contribution is 7.89. The molecule has 3 amide bonds. The van der Waals surface area contributed by atoms with E-state index < -0.39 is 10.0 Å². The van der Waals surface area contributed by atoms with Gasteiger partial charge in [0.05, 0.1) is 17.1 Å². The minimum absolute atomic E-state index is 0.0103. The summed E-state index contributed by atoms with van der Waals surface area (Å²) < 4.78 is 22.5. The third-order valence-electron chi connectivity index (χ3n) is 3.61. The first kappa shape index (κ1) is 20.3. The maximum atomic E-state index is 12.3. The van der Waals surface area contributed by atoms with Crippen molar-refractivity contribution < 1.29 is 18.0 Å². The van der Waals surface area contributed by atoms with Crippen LogP contribution in [-0.4, -0.2) is 44.3 Å². The van der Waals surface area contributed by atoms with Crippen LogP contribution in [0, 0.1) is 0 Å². The second kappa shape index (κ2) is 8.60. The molecule has 2 rings (SSSR count). The van der Waals surface area contributed by atoms with E-state index in [4.69, 9.17) is 5.14 Å². The van der Waals surface area contributed by atoms with Gasteiger partial charge < -0.3 is 15.5 Å². The van der Waals surface area contributed by atoms with Crippen molar-refractivity contribution in [3.05, 3.63) is 59.4 Å². The number of urea groups is 1. The van der Waals surface area contributed by atoms with E-state index in [0.29, 0.717) is 11.3 Å². The smallest absolute Gasteiger partial charge is 0.317 e. The van der Waals surface area contributed by atoms with Crippen LogP contribution in [0.15, 0.2) is 47.5 Å². The average Bonchev–Trinajstić information content (AvgIpc) is 2.63. The predicted octanol–water partition coefficient (Wildman–Crippen LogP) is 0.430. The minimum atomic E-state index is -3.74. The summed E-state index contributed by atoms with van der Waals surface area (Å²) in [5.41, 5.74) is 1.68. The molecule has 0 saturated heterocycles. The summed E-state index contributed by atoms with van der Waals surface area (Å²) in [6.07, 6.45) is 1.49. The minimum Gasteiger partial charge on any atom is -0.348 e. The monoisotopic (exact) mass is 391 g/mol. The summed E-state index contributed by atoms with van der Waals surface area (Å²) >= 11 is 0. The molecular formula is C17H21N5O4S. The molecule has 0 fully saturated rings. The number of hydrogen-bond acceptors (Lipinski definition) is 5. The Balaban J connectivity index is 1.96. The van der Waals surface area contributed by atoms with Crippen LogP contribution in [0.4, 0.5) is 4.79 Å². The van der Waals surface area contributed by atoms with Crippen molar-refractivity contribution in [2.75, 3.05) is 14.1 Å². The van der Waals surface area contributed by atoms with Gasteiger partial charge in [0.25, 0.3) is 5.91 Å². The Labute approximate surface area is 157 Å². The van der Waals surface area contributed by atoms with Crippen LogP contribution in [0.5, 0.6) is 0 Å². The van der Waals surface area contributed by atoms with E-state index in [9.17, 15) is 18.0 Å². The van der Waals surface area contributed by atoms with Crippen LogP contribution in [0.25, 0.3) is 0 Å². The molecule has 0 bridgehead atoms. The van der Waals surface area contributed by atoms with Crippen LogP contribution in [0.1, 0.15) is 21.6 Å². The van der Waals surface area contributed by atoms with E-state index in [1.807, 2.05) is 0 Å². The van der Waals surface area contributed by atoms with Gasteiger partial charge in [-0.25, -0.2) is 18.4 Å². The van der Waals surface area contributed by atoms with Gasteiger partial charge >= 0.3 is 6.03 Å². The molecule has 2 aromatic rings. The van der Waals surface area contributed by atoms with Crippen molar-refractivity contribution in [1.82, 2.24) is 20.5 Å². The summed E-state index contributed by atoms with van der Waals surface area (Å²) in [6.45, 7) is 0.423. The second-order valence-electron chi connectivity index (χ2n) is 5.96. The Morgan fingerprint density at radius 2 is 1.74 bits per heavy atom. The molecule has 1 heterocycles. The molecule has 0 aliphatic rings. The van der Waals surface area contributed by atoms with Crippen LogP contribution >= 0.6 is 0 Å². The van der Waals surface area contributed by atoms with Gasteiger partial charge in [0, 0.05) is 32.4 Å². The molecule has 1 aromatic heterocycles. The second-order valence-corrected chi connectivity index (χ2v) is 7.52. The number of rotatable bonds is 6. The van der Waals surface area contributed by atoms with Gasteiger partial charge in [-0.05, 0) is 29.8 Å². The van der Waals surface area contributed by atoms with E-state index >= 15 is 0 Å². The van der Waals surface area contributed by atoms with Gasteiger partial charge in [-0.2, -0.15) is 0 Å². The fourth-order valence-corrected chi connectivity index (χ4v) is 2.64. The Hall–Kier alpha value is -2.98. The first-order valence-corrected chi connectivity index (χ1v) is 9.51. The largest absolute Gasteiger partial charge is 0.348 e. The lowest BCUT2D eigenvalue weighted by Crippen LogP contribution is -2.34. The lowest BCUT2D eigenvalue weighted by molar-refractivity contribution is 0.0950. The molecular weight excluding hydrogens is 370 g/mol. The van der Waals surface area contributed by atoms with Gasteiger partial charge in [-0.3, -0.25) is 9.78 Å². The highest BCUT2D eigenvalue weighted by atomic mass is 32.2. The number of primary sulfonamides is 1. The predicted molar refractivity (Wildman–Crippen MR) is 99.1 cm³/mol. The van der Waals surface area contributed by atoms with Crippen LogP contribution < -0.4 is 15.8 Å². The zero-order valence-electron chi connectivity index (χ0n) is 15.0. The van der Waals surface area contributed by atoms with Crippen molar-refractivity contribution in [3.63, 3.8) is 0 Å². The lowest BCUT2D eigenvalue weighted by atomic mass is 10.2. The molecule has 0 aliphatic carbocycles. The number of aromatic nitrogens is 1. The standard InChI is InChI=1S/C17H21N5O4S/c1-22(2)17(24)21-11-14-9-13(7-8-19-14)16(23)20-10-12-3-5-15(6-4-12)27(18,25)26/h3-9H,10-11H2,1-2H3,(H,20,23)(H,21,24)(H2,18,25,26).